The van der Waals surface area contributed by atoms with Gasteiger partial charge in [0.2, 0.25) is 5.88 Å². The Hall–Kier alpha value is -3.69. The molecule has 8 nitrogen and oxygen atoms in total. The highest BCUT2D eigenvalue weighted by atomic mass is 35.5. The first kappa shape index (κ1) is 26.9. The van der Waals surface area contributed by atoms with Gasteiger partial charge in [0.15, 0.2) is 0 Å². The molecule has 39 heavy (non-hydrogen) atoms. The lowest BCUT2D eigenvalue weighted by molar-refractivity contribution is 0.355. The summed E-state index contributed by atoms with van der Waals surface area (Å²) in [4.78, 5) is 8.82. The van der Waals surface area contributed by atoms with Gasteiger partial charge in [0.1, 0.15) is 11.7 Å². The van der Waals surface area contributed by atoms with E-state index in [2.05, 4.69) is 38.7 Å². The van der Waals surface area contributed by atoms with E-state index < -0.39 is 5.82 Å². The van der Waals surface area contributed by atoms with Gasteiger partial charge in [-0.15, -0.1) is 0 Å². The number of nitrogens with zero attached hydrogens (tertiary/aromatic N) is 4. The summed E-state index contributed by atoms with van der Waals surface area (Å²) in [6.07, 6.45) is 10.8. The molecule has 1 aliphatic rings. The van der Waals surface area contributed by atoms with Crippen LogP contribution in [0.5, 0.6) is 5.88 Å². The van der Waals surface area contributed by atoms with Gasteiger partial charge in [-0.1, -0.05) is 18.5 Å². The smallest absolute Gasteiger partial charge is 0.212 e. The molecular formula is C29H33ClFN7O. The predicted molar refractivity (Wildman–Crippen MR) is 155 cm³/mol. The minimum Gasteiger partial charge on any atom is -0.481 e. The molecule has 0 spiro atoms. The Labute approximate surface area is 232 Å². The van der Waals surface area contributed by atoms with Gasteiger partial charge in [0.05, 0.1) is 40.8 Å². The van der Waals surface area contributed by atoms with Crippen molar-refractivity contribution in [2.75, 3.05) is 19.0 Å². The number of aromatic nitrogens is 3. The average molecular weight is 550 g/mol. The molecule has 0 bridgehead atoms. The van der Waals surface area contributed by atoms with Crippen molar-refractivity contribution in [2.24, 2.45) is 10.7 Å². The summed E-state index contributed by atoms with van der Waals surface area (Å²) in [5, 5.41) is 12.3. The molecule has 1 fully saturated rings. The minimum atomic E-state index is -0.435. The van der Waals surface area contributed by atoms with E-state index in [9.17, 15) is 4.39 Å². The van der Waals surface area contributed by atoms with E-state index in [4.69, 9.17) is 22.1 Å². The highest BCUT2D eigenvalue weighted by Crippen LogP contribution is 2.33. The number of benzene rings is 1. The van der Waals surface area contributed by atoms with E-state index in [1.54, 1.807) is 19.5 Å². The van der Waals surface area contributed by atoms with Gasteiger partial charge in [0.25, 0.3) is 0 Å². The molecule has 0 amide bonds. The topological polar surface area (TPSA) is 102 Å². The number of methoxy groups -OCH3 is 1. The van der Waals surface area contributed by atoms with Crippen LogP contribution in [0, 0.1) is 5.82 Å². The van der Waals surface area contributed by atoms with Crippen molar-refractivity contribution in [1.29, 1.82) is 0 Å². The summed E-state index contributed by atoms with van der Waals surface area (Å²) < 4.78 is 20.9. The number of ether oxygens (including phenoxy) is 1. The van der Waals surface area contributed by atoms with Crippen molar-refractivity contribution in [3.05, 3.63) is 71.4 Å². The van der Waals surface area contributed by atoms with Crippen LogP contribution in [0.3, 0.4) is 0 Å². The number of hydrogen-bond donors (Lipinski definition) is 3. The van der Waals surface area contributed by atoms with Crippen LogP contribution in [0.25, 0.3) is 16.6 Å². The number of amidine groups is 1. The van der Waals surface area contributed by atoms with Gasteiger partial charge in [-0.25, -0.2) is 18.9 Å². The number of aliphatic imine (C=N–C) groups is 1. The standard InChI is InChI=1S/C29H33ClFN7O/c1-3-12-33-21-6-8-22(9-7-21)36-28-23(29(32)37-25-14-20(31)5-10-24(25)30)16-35-38-17-19(13-26(28)38)18-4-11-27(39-2)34-15-18/h4-5,10-11,13-17,21-22,33,36H,3,6-9,12H2,1-2H3,(H2,32,37)/t21-,22-. The Bertz CT molecular complexity index is 1460. The maximum Gasteiger partial charge on any atom is 0.212 e. The van der Waals surface area contributed by atoms with Crippen LogP contribution in [0.1, 0.15) is 44.6 Å². The third kappa shape index (κ3) is 6.15. The zero-order valence-corrected chi connectivity index (χ0v) is 22.9. The molecule has 0 unspecified atom stereocenters. The summed E-state index contributed by atoms with van der Waals surface area (Å²) in [5.74, 6) is 0.317. The van der Waals surface area contributed by atoms with Gasteiger partial charge < -0.3 is 21.1 Å². The zero-order valence-electron chi connectivity index (χ0n) is 22.1. The molecular weight excluding hydrogens is 517 g/mol. The summed E-state index contributed by atoms with van der Waals surface area (Å²) in [6.45, 7) is 3.23. The zero-order chi connectivity index (χ0) is 27.4. The Kier molecular flexibility index (Phi) is 8.28. The van der Waals surface area contributed by atoms with E-state index in [0.29, 0.717) is 22.5 Å². The van der Waals surface area contributed by atoms with E-state index in [1.807, 2.05) is 22.8 Å². The quantitative estimate of drug-likeness (QED) is 0.176. The third-order valence-corrected chi connectivity index (χ3v) is 7.42. The molecule has 0 atom stereocenters. The molecule has 4 N–H and O–H groups in total. The minimum absolute atomic E-state index is 0.201. The number of hydrogen-bond acceptors (Lipinski definition) is 6. The van der Waals surface area contributed by atoms with Crippen LogP contribution in [0.4, 0.5) is 15.8 Å². The van der Waals surface area contributed by atoms with Gasteiger partial charge in [-0.3, -0.25) is 0 Å². The first-order chi connectivity index (χ1) is 18.9. The number of nitrogens with one attached hydrogen (secondary N) is 2. The average Bonchev–Trinajstić information content (AvgIpc) is 3.40. The second-order valence-corrected chi connectivity index (χ2v) is 10.2. The van der Waals surface area contributed by atoms with Gasteiger partial charge >= 0.3 is 0 Å². The SMILES string of the molecule is CCCN[C@H]1CC[C@H](Nc2c(/C(N)=N/c3cc(F)ccc3Cl)cnn3cc(-c4ccc(OC)nc4)cc23)CC1. The number of halogens is 2. The van der Waals surface area contributed by atoms with Gasteiger partial charge in [-0.2, -0.15) is 5.10 Å². The van der Waals surface area contributed by atoms with Crippen molar-refractivity contribution in [3.8, 4) is 17.0 Å². The van der Waals surface area contributed by atoms with Crippen molar-refractivity contribution >= 4 is 34.3 Å². The number of rotatable bonds is 9. The lowest BCUT2D eigenvalue weighted by atomic mass is 9.90. The van der Waals surface area contributed by atoms with Crippen molar-refractivity contribution in [3.63, 3.8) is 0 Å². The second-order valence-electron chi connectivity index (χ2n) is 9.82. The molecule has 0 aliphatic heterocycles. The van der Waals surface area contributed by atoms with Gasteiger partial charge in [-0.05, 0) is 62.9 Å². The Morgan fingerprint density at radius 1 is 1.13 bits per heavy atom. The van der Waals surface area contributed by atoms with Crippen LogP contribution in [0.15, 0.2) is 60.0 Å². The summed E-state index contributed by atoms with van der Waals surface area (Å²) >= 11 is 6.28. The van der Waals surface area contributed by atoms with Crippen molar-refractivity contribution < 1.29 is 9.13 Å². The molecule has 0 saturated heterocycles. The monoisotopic (exact) mass is 549 g/mol. The van der Waals surface area contributed by atoms with Crippen LogP contribution in [0.2, 0.25) is 5.02 Å². The molecule has 1 aliphatic carbocycles. The molecule has 3 heterocycles. The summed E-state index contributed by atoms with van der Waals surface area (Å²) in [5.41, 5.74) is 11.0. The molecule has 0 radical (unpaired) electrons. The summed E-state index contributed by atoms with van der Waals surface area (Å²) in [7, 11) is 1.59. The van der Waals surface area contributed by atoms with Gasteiger partial charge in [0, 0.05) is 47.7 Å². The summed E-state index contributed by atoms with van der Waals surface area (Å²) in [6, 6.07) is 10.7. The molecule has 204 valence electrons. The molecule has 10 heteroatoms. The van der Waals surface area contributed by atoms with Crippen LogP contribution >= 0.6 is 11.6 Å². The molecule has 4 aromatic rings. The fourth-order valence-corrected chi connectivity index (χ4v) is 5.15. The molecule has 1 saturated carbocycles. The number of anilines is 1. The lowest BCUT2D eigenvalue weighted by Crippen LogP contribution is -2.37. The fourth-order valence-electron chi connectivity index (χ4n) is 4.99. The number of pyridine rings is 1. The second kappa shape index (κ2) is 12.0. The fraction of sp³-hybridized carbons (Fsp3) is 0.345. The van der Waals surface area contributed by atoms with Crippen LogP contribution in [-0.2, 0) is 0 Å². The third-order valence-electron chi connectivity index (χ3n) is 7.10. The van der Waals surface area contributed by atoms with Crippen molar-refractivity contribution in [2.45, 2.75) is 51.1 Å². The maximum atomic E-state index is 13.9. The normalized spacial score (nSPS) is 17.9. The lowest BCUT2D eigenvalue weighted by Gasteiger charge is -2.31. The Morgan fingerprint density at radius 3 is 2.64 bits per heavy atom. The van der Waals surface area contributed by atoms with E-state index >= 15 is 0 Å². The van der Waals surface area contributed by atoms with Crippen molar-refractivity contribution in [1.82, 2.24) is 19.9 Å². The van der Waals surface area contributed by atoms with E-state index in [1.165, 1.54) is 18.2 Å². The largest absolute Gasteiger partial charge is 0.481 e. The highest BCUT2D eigenvalue weighted by Gasteiger charge is 2.23. The predicted octanol–water partition coefficient (Wildman–Crippen LogP) is 5.96. The van der Waals surface area contributed by atoms with E-state index in [-0.39, 0.29) is 17.6 Å². The Morgan fingerprint density at radius 2 is 1.92 bits per heavy atom. The number of nitrogens with two attached hydrogens (primary N) is 1. The highest BCUT2D eigenvalue weighted by molar-refractivity contribution is 6.33. The maximum absolute atomic E-state index is 13.9. The number of fused-ring (bicyclic) bond motifs is 1. The molecule has 5 rings (SSSR count). The van der Waals surface area contributed by atoms with Crippen LogP contribution in [-0.4, -0.2) is 46.2 Å². The first-order valence-corrected chi connectivity index (χ1v) is 13.6. The first-order valence-electron chi connectivity index (χ1n) is 13.3. The van der Waals surface area contributed by atoms with E-state index in [0.717, 1.165) is 61.0 Å². The molecule has 1 aromatic carbocycles. The molecule has 3 aromatic heterocycles. The van der Waals surface area contributed by atoms with Crippen LogP contribution < -0.4 is 21.1 Å². The Balaban J connectivity index is 1.52.